The van der Waals surface area contributed by atoms with E-state index in [1.165, 1.54) is 5.56 Å². The molecule has 7 nitrogen and oxygen atoms in total. The molecule has 3 rings (SSSR count). The lowest BCUT2D eigenvalue weighted by Crippen LogP contribution is -2.56. The second-order valence-electron chi connectivity index (χ2n) is 8.15. The van der Waals surface area contributed by atoms with Crippen LogP contribution in [0.1, 0.15) is 26.3 Å². The summed E-state index contributed by atoms with van der Waals surface area (Å²) < 4.78 is 5.40. The molecule has 1 unspecified atom stereocenters. The number of amides is 1. The van der Waals surface area contributed by atoms with Crippen molar-refractivity contribution in [3.05, 3.63) is 29.8 Å². The number of likely N-dealkylation sites (tertiary alicyclic amines) is 1. The van der Waals surface area contributed by atoms with E-state index in [0.29, 0.717) is 25.6 Å². The van der Waals surface area contributed by atoms with E-state index in [-0.39, 0.29) is 12.7 Å². The molecule has 1 aromatic rings. The molecule has 0 spiro atoms. The third-order valence-electron chi connectivity index (χ3n) is 4.64. The number of nitrogens with zero attached hydrogens (tertiary/aromatic N) is 3. The van der Waals surface area contributed by atoms with Crippen molar-refractivity contribution in [3.63, 3.8) is 0 Å². The Morgan fingerprint density at radius 1 is 1.31 bits per heavy atom. The van der Waals surface area contributed by atoms with Crippen molar-refractivity contribution in [2.75, 3.05) is 37.8 Å². The largest absolute Gasteiger partial charge is 0.444 e. The lowest BCUT2D eigenvalue weighted by molar-refractivity contribution is -0.00772. The van der Waals surface area contributed by atoms with E-state index >= 15 is 0 Å². The number of carbonyl (C=O) groups excluding carboxylic acids is 1. The Labute approximate surface area is 154 Å². The molecule has 144 valence electrons. The van der Waals surface area contributed by atoms with Crippen molar-refractivity contribution in [1.82, 2.24) is 9.91 Å². The Bertz CT molecular complexity index is 640. The molecule has 1 amide bonds. The van der Waals surface area contributed by atoms with Crippen LogP contribution >= 0.6 is 0 Å². The van der Waals surface area contributed by atoms with Crippen LogP contribution in [-0.4, -0.2) is 70.7 Å². The molecule has 1 fully saturated rings. The van der Waals surface area contributed by atoms with Gasteiger partial charge in [0.2, 0.25) is 0 Å². The molecule has 26 heavy (non-hydrogen) atoms. The summed E-state index contributed by atoms with van der Waals surface area (Å²) in [5.74, 6) is 0.366. The van der Waals surface area contributed by atoms with E-state index in [9.17, 15) is 15.0 Å². The number of aliphatic hydroxyl groups is 2. The Balaban J connectivity index is 1.57. The summed E-state index contributed by atoms with van der Waals surface area (Å²) in [6.45, 7) is 8.63. The first-order valence-electron chi connectivity index (χ1n) is 9.14. The Morgan fingerprint density at radius 2 is 2.00 bits per heavy atom. The molecule has 2 N–H and O–H groups in total. The number of carbonyl (C=O) groups is 1. The van der Waals surface area contributed by atoms with Crippen molar-refractivity contribution in [3.8, 4) is 0 Å². The lowest BCUT2D eigenvalue weighted by atomic mass is 10.0. The zero-order chi connectivity index (χ0) is 18.9. The zero-order valence-corrected chi connectivity index (χ0v) is 15.8. The van der Waals surface area contributed by atoms with E-state index < -0.39 is 11.7 Å². The molecule has 0 radical (unpaired) electrons. The summed E-state index contributed by atoms with van der Waals surface area (Å²) >= 11 is 0. The molecule has 2 aliphatic rings. The topological polar surface area (TPSA) is 76.5 Å². The maximum Gasteiger partial charge on any atom is 0.410 e. The number of β-amino-alcohol motifs (C(OH)–C–C–N with tert-alkyl or cyclic N) is 1. The highest BCUT2D eigenvalue weighted by molar-refractivity contribution is 5.69. The maximum atomic E-state index is 12.1. The van der Waals surface area contributed by atoms with E-state index in [1.54, 1.807) is 4.90 Å². The molecular formula is C19H29N3O4. The third-order valence-corrected chi connectivity index (χ3v) is 4.64. The van der Waals surface area contributed by atoms with Gasteiger partial charge in [-0.3, -0.25) is 0 Å². The second kappa shape index (κ2) is 7.42. The van der Waals surface area contributed by atoms with Gasteiger partial charge in [-0.25, -0.2) is 9.80 Å². The van der Waals surface area contributed by atoms with Crippen molar-refractivity contribution in [1.29, 1.82) is 0 Å². The molecule has 7 heteroatoms. The zero-order valence-electron chi connectivity index (χ0n) is 15.8. The highest BCUT2D eigenvalue weighted by Gasteiger charge is 2.37. The van der Waals surface area contributed by atoms with Gasteiger partial charge in [-0.2, -0.15) is 0 Å². The number of hydrazine groups is 1. The molecule has 1 aromatic carbocycles. The van der Waals surface area contributed by atoms with Crippen LogP contribution in [0.3, 0.4) is 0 Å². The number of hydrogen-bond acceptors (Lipinski definition) is 6. The summed E-state index contributed by atoms with van der Waals surface area (Å²) in [5.41, 5.74) is 1.81. The smallest absolute Gasteiger partial charge is 0.410 e. The number of fused-ring (bicyclic) bond motifs is 1. The quantitative estimate of drug-likeness (QED) is 0.825. The number of benzene rings is 1. The standard InChI is InChI=1S/C19H29N3O4/c1-19(2,3)26-18(25)20-8-14(9-20)10-21-11-15-6-4-5-7-17(15)22(21)12-16(24)13-23/h4-7,14,16,23-24H,8-13H2,1-3H3. The van der Waals surface area contributed by atoms with Gasteiger partial charge in [-0.05, 0) is 32.4 Å². The van der Waals surface area contributed by atoms with Gasteiger partial charge >= 0.3 is 6.09 Å². The molecule has 0 aromatic heterocycles. The summed E-state index contributed by atoms with van der Waals surface area (Å²) in [5, 5.41) is 23.3. The maximum absolute atomic E-state index is 12.1. The number of anilines is 1. The highest BCUT2D eigenvalue weighted by atomic mass is 16.6. The van der Waals surface area contributed by atoms with Crippen molar-refractivity contribution < 1.29 is 19.7 Å². The van der Waals surface area contributed by atoms with Gasteiger partial charge in [0.1, 0.15) is 5.60 Å². The Kier molecular flexibility index (Phi) is 5.41. The number of rotatable bonds is 5. The minimum Gasteiger partial charge on any atom is -0.444 e. The average molecular weight is 363 g/mol. The predicted molar refractivity (Wildman–Crippen MR) is 98.6 cm³/mol. The van der Waals surface area contributed by atoms with Gasteiger partial charge in [0, 0.05) is 32.1 Å². The van der Waals surface area contributed by atoms with Gasteiger partial charge in [0.05, 0.1) is 24.9 Å². The van der Waals surface area contributed by atoms with Crippen LogP contribution in [0.5, 0.6) is 0 Å². The van der Waals surface area contributed by atoms with Crippen LogP contribution < -0.4 is 5.01 Å². The van der Waals surface area contributed by atoms with Gasteiger partial charge in [-0.15, -0.1) is 0 Å². The average Bonchev–Trinajstić information content (AvgIpc) is 2.86. The molecule has 0 saturated carbocycles. The summed E-state index contributed by atoms with van der Waals surface area (Å²) in [6.07, 6.45) is -1.05. The summed E-state index contributed by atoms with van der Waals surface area (Å²) in [6, 6.07) is 8.11. The fraction of sp³-hybridized carbons (Fsp3) is 0.632. The number of hydrogen-bond donors (Lipinski definition) is 2. The van der Waals surface area contributed by atoms with E-state index in [1.807, 2.05) is 44.0 Å². The molecular weight excluding hydrogens is 334 g/mol. The summed E-state index contributed by atoms with van der Waals surface area (Å²) in [7, 11) is 0. The van der Waals surface area contributed by atoms with E-state index in [4.69, 9.17) is 4.74 Å². The number of aliphatic hydroxyl groups excluding tert-OH is 2. The van der Waals surface area contributed by atoms with Crippen LogP contribution in [0.15, 0.2) is 24.3 Å². The van der Waals surface area contributed by atoms with Crippen molar-refractivity contribution >= 4 is 11.8 Å². The molecule has 0 aliphatic carbocycles. The Morgan fingerprint density at radius 3 is 2.65 bits per heavy atom. The normalized spacial score (nSPS) is 19.3. The first kappa shape index (κ1) is 18.9. The fourth-order valence-electron chi connectivity index (χ4n) is 3.42. The number of para-hydroxylation sites is 1. The Hall–Kier alpha value is -1.83. The van der Waals surface area contributed by atoms with Gasteiger partial charge in [-0.1, -0.05) is 18.2 Å². The van der Waals surface area contributed by atoms with Crippen LogP contribution in [0.4, 0.5) is 10.5 Å². The van der Waals surface area contributed by atoms with Gasteiger partial charge in [0.25, 0.3) is 0 Å². The first-order valence-corrected chi connectivity index (χ1v) is 9.14. The monoisotopic (exact) mass is 363 g/mol. The van der Waals surface area contributed by atoms with E-state index in [0.717, 1.165) is 18.8 Å². The van der Waals surface area contributed by atoms with Gasteiger partial charge in [0.15, 0.2) is 0 Å². The lowest BCUT2D eigenvalue weighted by Gasteiger charge is -2.43. The molecule has 2 heterocycles. The van der Waals surface area contributed by atoms with Gasteiger partial charge < -0.3 is 24.9 Å². The highest BCUT2D eigenvalue weighted by Crippen LogP contribution is 2.33. The predicted octanol–water partition coefficient (Wildman–Crippen LogP) is 1.44. The van der Waals surface area contributed by atoms with Crippen molar-refractivity contribution in [2.24, 2.45) is 5.92 Å². The number of ether oxygens (including phenoxy) is 1. The molecule has 2 aliphatic heterocycles. The molecule has 1 atom stereocenters. The molecule has 0 bridgehead atoms. The third kappa shape index (κ3) is 4.28. The van der Waals surface area contributed by atoms with Crippen molar-refractivity contribution in [2.45, 2.75) is 39.0 Å². The fourth-order valence-corrected chi connectivity index (χ4v) is 3.42. The SMILES string of the molecule is CC(C)(C)OC(=O)N1CC(CN2Cc3ccccc3N2CC(O)CO)C1. The minimum absolute atomic E-state index is 0.258. The van der Waals surface area contributed by atoms with Crippen LogP contribution in [-0.2, 0) is 11.3 Å². The first-order chi connectivity index (χ1) is 12.3. The minimum atomic E-state index is -0.789. The van der Waals surface area contributed by atoms with Crippen LogP contribution in [0, 0.1) is 5.92 Å². The summed E-state index contributed by atoms with van der Waals surface area (Å²) in [4.78, 5) is 13.8. The molecule has 1 saturated heterocycles. The second-order valence-corrected chi connectivity index (χ2v) is 8.15. The van der Waals surface area contributed by atoms with Crippen LogP contribution in [0.25, 0.3) is 0 Å². The van der Waals surface area contributed by atoms with E-state index in [2.05, 4.69) is 11.1 Å². The van der Waals surface area contributed by atoms with Crippen LogP contribution in [0.2, 0.25) is 0 Å².